The van der Waals surface area contributed by atoms with Crippen LogP contribution in [0.15, 0.2) is 36.8 Å². The van der Waals surface area contributed by atoms with Gasteiger partial charge in [-0.2, -0.15) is 0 Å². The van der Waals surface area contributed by atoms with Crippen LogP contribution in [0.4, 0.5) is 5.82 Å². The van der Waals surface area contributed by atoms with Crippen molar-refractivity contribution in [3.8, 4) is 0 Å². The second-order valence-electron chi connectivity index (χ2n) is 3.71. The van der Waals surface area contributed by atoms with Gasteiger partial charge in [0.2, 0.25) is 0 Å². The van der Waals surface area contributed by atoms with E-state index in [0.717, 1.165) is 12.5 Å². The molecule has 0 saturated carbocycles. The van der Waals surface area contributed by atoms with E-state index in [1.54, 1.807) is 0 Å². The molecule has 0 saturated heterocycles. The van der Waals surface area contributed by atoms with Gasteiger partial charge in [0.25, 0.3) is 0 Å². The van der Waals surface area contributed by atoms with Crippen molar-refractivity contribution >= 4 is 5.82 Å². The topological polar surface area (TPSA) is 19.4 Å². The number of hydrogen-bond donors (Lipinski definition) is 0. The number of aromatic nitrogens is 1. The second kappa shape index (κ2) is 3.70. The molecule has 1 aromatic rings. The van der Waals surface area contributed by atoms with Gasteiger partial charge in [-0.05, 0) is 26.0 Å². The summed E-state index contributed by atoms with van der Waals surface area (Å²) in [6.45, 7) is 5.27. The van der Waals surface area contributed by atoms with Gasteiger partial charge in [0.05, 0.1) is 6.67 Å². The van der Waals surface area contributed by atoms with Crippen LogP contribution in [0.3, 0.4) is 0 Å². The van der Waals surface area contributed by atoms with E-state index in [1.165, 1.54) is 0 Å². The summed E-state index contributed by atoms with van der Waals surface area (Å²) in [6, 6.07) is 6.51. The third-order valence-corrected chi connectivity index (χ3v) is 2.36. The van der Waals surface area contributed by atoms with Gasteiger partial charge in [0, 0.05) is 24.6 Å². The molecule has 1 aromatic heterocycles. The van der Waals surface area contributed by atoms with Crippen molar-refractivity contribution in [1.29, 1.82) is 0 Å². The highest BCUT2D eigenvalue weighted by atomic mass is 15.4. The van der Waals surface area contributed by atoms with Crippen LogP contribution in [0.2, 0.25) is 0 Å². The quantitative estimate of drug-likeness (QED) is 0.709. The van der Waals surface area contributed by atoms with Crippen molar-refractivity contribution in [1.82, 2.24) is 9.88 Å². The van der Waals surface area contributed by atoms with Crippen molar-refractivity contribution in [3.05, 3.63) is 36.8 Å². The molecule has 3 heteroatoms. The molecular weight excluding hydrogens is 174 g/mol. The lowest BCUT2D eigenvalue weighted by Gasteiger charge is -2.23. The molecule has 1 aliphatic rings. The summed E-state index contributed by atoms with van der Waals surface area (Å²) in [5, 5.41) is 0. The Morgan fingerprint density at radius 2 is 2.14 bits per heavy atom. The summed E-state index contributed by atoms with van der Waals surface area (Å²) in [4.78, 5) is 8.71. The number of hydrogen-bond acceptors (Lipinski definition) is 3. The lowest BCUT2D eigenvalue weighted by atomic mass is 10.4. The standard InChI is InChI=1S/C11H15N3/c1-10(2)13-7-8-14(9-13)11-5-3-4-6-12-11/h3-8,10H,9H2,1-2H3. The second-order valence-corrected chi connectivity index (χ2v) is 3.71. The number of pyridine rings is 1. The van der Waals surface area contributed by atoms with Crippen LogP contribution in [-0.4, -0.2) is 22.6 Å². The third-order valence-electron chi connectivity index (χ3n) is 2.36. The van der Waals surface area contributed by atoms with E-state index >= 15 is 0 Å². The van der Waals surface area contributed by atoms with E-state index in [4.69, 9.17) is 0 Å². The largest absolute Gasteiger partial charge is 0.356 e. The van der Waals surface area contributed by atoms with E-state index in [0.29, 0.717) is 6.04 Å². The van der Waals surface area contributed by atoms with Crippen LogP contribution in [0.25, 0.3) is 0 Å². The average molecular weight is 189 g/mol. The van der Waals surface area contributed by atoms with Crippen LogP contribution in [-0.2, 0) is 0 Å². The predicted octanol–water partition coefficient (Wildman–Crippen LogP) is 2.04. The normalized spacial score (nSPS) is 15.6. The van der Waals surface area contributed by atoms with Crippen LogP contribution in [0.5, 0.6) is 0 Å². The van der Waals surface area contributed by atoms with Crippen molar-refractivity contribution < 1.29 is 0 Å². The van der Waals surface area contributed by atoms with Gasteiger partial charge in [0.15, 0.2) is 0 Å². The van der Waals surface area contributed by atoms with Gasteiger partial charge < -0.3 is 9.80 Å². The average Bonchev–Trinajstić information content (AvgIpc) is 2.68. The minimum absolute atomic E-state index is 0.542. The molecule has 0 unspecified atom stereocenters. The van der Waals surface area contributed by atoms with E-state index < -0.39 is 0 Å². The molecule has 0 amide bonds. The maximum atomic E-state index is 4.30. The highest BCUT2D eigenvalue weighted by Gasteiger charge is 2.15. The minimum atomic E-state index is 0.542. The Balaban J connectivity index is 2.08. The van der Waals surface area contributed by atoms with E-state index in [1.807, 2.05) is 24.4 Å². The number of rotatable bonds is 2. The summed E-state index contributed by atoms with van der Waals surface area (Å²) >= 11 is 0. The van der Waals surface area contributed by atoms with Crippen molar-refractivity contribution in [2.75, 3.05) is 11.6 Å². The molecule has 0 spiro atoms. The third kappa shape index (κ3) is 1.71. The zero-order chi connectivity index (χ0) is 9.97. The zero-order valence-corrected chi connectivity index (χ0v) is 8.59. The van der Waals surface area contributed by atoms with Gasteiger partial charge in [-0.3, -0.25) is 0 Å². The molecule has 0 aromatic carbocycles. The molecule has 74 valence electrons. The highest BCUT2D eigenvalue weighted by Crippen LogP contribution is 2.17. The Bertz CT molecular complexity index is 319. The van der Waals surface area contributed by atoms with Crippen molar-refractivity contribution in [3.63, 3.8) is 0 Å². The van der Waals surface area contributed by atoms with E-state index in [9.17, 15) is 0 Å². The lowest BCUT2D eigenvalue weighted by Crippen LogP contribution is -2.30. The van der Waals surface area contributed by atoms with Gasteiger partial charge in [0.1, 0.15) is 5.82 Å². The lowest BCUT2D eigenvalue weighted by molar-refractivity contribution is 0.336. The highest BCUT2D eigenvalue weighted by molar-refractivity contribution is 5.42. The Morgan fingerprint density at radius 1 is 1.29 bits per heavy atom. The van der Waals surface area contributed by atoms with E-state index in [-0.39, 0.29) is 0 Å². The summed E-state index contributed by atoms with van der Waals surface area (Å²) in [7, 11) is 0. The Morgan fingerprint density at radius 3 is 2.71 bits per heavy atom. The molecule has 0 fully saturated rings. The summed E-state index contributed by atoms with van der Waals surface area (Å²) in [5.41, 5.74) is 0. The first-order valence-corrected chi connectivity index (χ1v) is 4.89. The van der Waals surface area contributed by atoms with Gasteiger partial charge in [-0.25, -0.2) is 4.98 Å². The van der Waals surface area contributed by atoms with Crippen LogP contribution in [0, 0.1) is 0 Å². The maximum absolute atomic E-state index is 4.30. The smallest absolute Gasteiger partial charge is 0.133 e. The molecule has 1 aliphatic heterocycles. The molecule has 0 radical (unpaired) electrons. The number of anilines is 1. The molecule has 0 aliphatic carbocycles. The van der Waals surface area contributed by atoms with Crippen molar-refractivity contribution in [2.45, 2.75) is 19.9 Å². The molecule has 3 nitrogen and oxygen atoms in total. The maximum Gasteiger partial charge on any atom is 0.133 e. The molecule has 2 heterocycles. The minimum Gasteiger partial charge on any atom is -0.356 e. The number of nitrogens with zero attached hydrogens (tertiary/aromatic N) is 3. The fourth-order valence-electron chi connectivity index (χ4n) is 1.44. The van der Waals surface area contributed by atoms with Gasteiger partial charge in [-0.15, -0.1) is 0 Å². The van der Waals surface area contributed by atoms with Crippen LogP contribution >= 0.6 is 0 Å². The molecule has 0 N–H and O–H groups in total. The molecule has 0 atom stereocenters. The first-order valence-electron chi connectivity index (χ1n) is 4.89. The molecule has 2 rings (SSSR count). The summed E-state index contributed by atoms with van der Waals surface area (Å²) in [5.74, 6) is 1.01. The van der Waals surface area contributed by atoms with E-state index in [2.05, 4.69) is 41.0 Å². The molecular formula is C11H15N3. The van der Waals surface area contributed by atoms with Crippen LogP contribution < -0.4 is 4.90 Å². The van der Waals surface area contributed by atoms with Crippen molar-refractivity contribution in [2.24, 2.45) is 0 Å². The zero-order valence-electron chi connectivity index (χ0n) is 8.59. The predicted molar refractivity (Wildman–Crippen MR) is 57.7 cm³/mol. The SMILES string of the molecule is CC(C)N1C=CN(c2ccccn2)C1. The van der Waals surface area contributed by atoms with Gasteiger partial charge >= 0.3 is 0 Å². The summed E-state index contributed by atoms with van der Waals surface area (Å²) in [6.07, 6.45) is 6.00. The molecule has 14 heavy (non-hydrogen) atoms. The Labute approximate surface area is 84.7 Å². The molecule has 0 bridgehead atoms. The summed E-state index contributed by atoms with van der Waals surface area (Å²) < 4.78 is 0. The fourth-order valence-corrected chi connectivity index (χ4v) is 1.44. The fraction of sp³-hybridized carbons (Fsp3) is 0.364. The first kappa shape index (κ1) is 9.06. The Hall–Kier alpha value is -1.51. The monoisotopic (exact) mass is 189 g/mol. The first-order chi connectivity index (χ1) is 6.77. The van der Waals surface area contributed by atoms with Crippen LogP contribution in [0.1, 0.15) is 13.8 Å². The van der Waals surface area contributed by atoms with Gasteiger partial charge in [-0.1, -0.05) is 6.07 Å². The Kier molecular flexibility index (Phi) is 2.39.